The van der Waals surface area contributed by atoms with Crippen molar-refractivity contribution in [3.63, 3.8) is 0 Å². The predicted molar refractivity (Wildman–Crippen MR) is 207 cm³/mol. The van der Waals surface area contributed by atoms with Crippen LogP contribution < -0.4 is 9.64 Å². The van der Waals surface area contributed by atoms with Gasteiger partial charge in [0.1, 0.15) is 12.4 Å². The molecular weight excluding hydrogens is 603 g/mol. The van der Waals surface area contributed by atoms with E-state index >= 15 is 0 Å². The third kappa shape index (κ3) is 9.41. The molecule has 6 heteroatoms. The van der Waals surface area contributed by atoms with Crippen LogP contribution in [0.1, 0.15) is 85.3 Å². The summed E-state index contributed by atoms with van der Waals surface area (Å²) in [4.78, 5) is 13.1. The van der Waals surface area contributed by atoms with Crippen molar-refractivity contribution in [1.29, 1.82) is 0 Å². The van der Waals surface area contributed by atoms with Crippen LogP contribution in [0.4, 0.5) is 5.69 Å². The van der Waals surface area contributed by atoms with E-state index in [0.717, 1.165) is 49.7 Å². The molecule has 0 N–H and O–H groups in total. The van der Waals surface area contributed by atoms with Crippen molar-refractivity contribution in [3.8, 4) is 5.75 Å². The first-order valence-electron chi connectivity index (χ1n) is 19.7. The Morgan fingerprint density at radius 1 is 0.653 bits per heavy atom. The van der Waals surface area contributed by atoms with Gasteiger partial charge in [0.2, 0.25) is 0 Å². The SMILES string of the molecule is CN1CC(CN2CCN(c3ccc(C(C)(C)CCC(C)(C)N4CCC(C5CN(CCOc6ccc(C(C)(C)C)cc6)C5)CC4)cc3)CC2)C1. The van der Waals surface area contributed by atoms with Crippen molar-refractivity contribution >= 4 is 5.69 Å². The molecule has 4 aliphatic rings. The zero-order chi connectivity index (χ0) is 34.8. The fourth-order valence-electron chi connectivity index (χ4n) is 8.95. The van der Waals surface area contributed by atoms with Gasteiger partial charge in [-0.3, -0.25) is 14.7 Å². The average molecular weight is 672 g/mol. The third-order valence-electron chi connectivity index (χ3n) is 12.8. The van der Waals surface area contributed by atoms with Gasteiger partial charge in [0.15, 0.2) is 0 Å². The summed E-state index contributed by atoms with van der Waals surface area (Å²) in [5, 5.41) is 0. The maximum absolute atomic E-state index is 6.08. The molecule has 0 saturated carbocycles. The Balaban J connectivity index is 0.873. The summed E-state index contributed by atoms with van der Waals surface area (Å²) in [5.41, 5.74) is 4.84. The summed E-state index contributed by atoms with van der Waals surface area (Å²) in [6, 6.07) is 18.3. The Labute approximate surface area is 300 Å². The van der Waals surface area contributed by atoms with E-state index in [4.69, 9.17) is 4.74 Å². The molecule has 4 fully saturated rings. The van der Waals surface area contributed by atoms with Crippen LogP contribution in [0, 0.1) is 17.8 Å². The molecule has 0 amide bonds. The van der Waals surface area contributed by atoms with Crippen molar-refractivity contribution in [2.75, 3.05) is 97.1 Å². The standard InChI is InChI=1S/C43H69N5O/c1-41(2,3)37-11-15-40(16-12-37)49-28-27-46-32-36(33-46)35-17-21-48(22-18-35)43(6,7)20-19-42(4,5)38-9-13-39(14-10-38)47-25-23-45(24-26-47)31-34-29-44(8)30-34/h9-16,34-36H,17-33H2,1-8H3. The van der Waals surface area contributed by atoms with Gasteiger partial charge < -0.3 is 14.5 Å². The number of rotatable bonds is 13. The lowest BCUT2D eigenvalue weighted by atomic mass is 9.75. The highest BCUT2D eigenvalue weighted by atomic mass is 16.5. The predicted octanol–water partition coefficient (Wildman–Crippen LogP) is 7.23. The van der Waals surface area contributed by atoms with E-state index in [9.17, 15) is 0 Å². The second kappa shape index (κ2) is 15.2. The highest BCUT2D eigenvalue weighted by molar-refractivity contribution is 5.49. The van der Waals surface area contributed by atoms with Crippen LogP contribution >= 0.6 is 0 Å². The molecule has 4 saturated heterocycles. The van der Waals surface area contributed by atoms with Gasteiger partial charge in [-0.1, -0.05) is 58.9 Å². The number of ether oxygens (including phenoxy) is 1. The van der Waals surface area contributed by atoms with Crippen molar-refractivity contribution in [2.24, 2.45) is 17.8 Å². The van der Waals surface area contributed by atoms with Gasteiger partial charge in [0.05, 0.1) is 0 Å². The van der Waals surface area contributed by atoms with Crippen molar-refractivity contribution in [3.05, 3.63) is 59.7 Å². The van der Waals surface area contributed by atoms with Crippen LogP contribution in [0.5, 0.6) is 5.75 Å². The van der Waals surface area contributed by atoms with Crippen LogP contribution in [0.25, 0.3) is 0 Å². The molecule has 2 aromatic carbocycles. The van der Waals surface area contributed by atoms with Gasteiger partial charge in [-0.2, -0.15) is 0 Å². The second-order valence-corrected chi connectivity index (χ2v) is 18.6. The molecule has 0 spiro atoms. The summed E-state index contributed by atoms with van der Waals surface area (Å²) in [6.07, 6.45) is 5.17. The summed E-state index contributed by atoms with van der Waals surface area (Å²) >= 11 is 0. The fraction of sp³-hybridized carbons (Fsp3) is 0.721. The minimum absolute atomic E-state index is 0.178. The molecule has 2 aromatic rings. The molecular formula is C43H69N5O. The minimum Gasteiger partial charge on any atom is -0.492 e. The minimum atomic E-state index is 0.178. The molecule has 6 rings (SSSR count). The Bertz CT molecular complexity index is 1300. The summed E-state index contributed by atoms with van der Waals surface area (Å²) in [5.74, 6) is 3.64. The molecule has 6 nitrogen and oxygen atoms in total. The number of hydrogen-bond donors (Lipinski definition) is 0. The van der Waals surface area contributed by atoms with E-state index < -0.39 is 0 Å². The van der Waals surface area contributed by atoms with Crippen LogP contribution in [-0.4, -0.2) is 117 Å². The van der Waals surface area contributed by atoms with Crippen LogP contribution in [0.2, 0.25) is 0 Å². The number of nitrogens with zero attached hydrogens (tertiary/aromatic N) is 5. The normalized spacial score (nSPS) is 21.9. The first-order chi connectivity index (χ1) is 23.2. The zero-order valence-corrected chi connectivity index (χ0v) is 32.5. The maximum Gasteiger partial charge on any atom is 0.119 e. The molecule has 4 aliphatic heterocycles. The van der Waals surface area contributed by atoms with E-state index in [1.54, 1.807) is 0 Å². The number of piperidine rings is 1. The molecule has 272 valence electrons. The molecule has 0 atom stereocenters. The quantitative estimate of drug-likeness (QED) is 0.223. The Morgan fingerprint density at radius 3 is 1.86 bits per heavy atom. The van der Waals surface area contributed by atoms with Crippen molar-refractivity contribution < 1.29 is 4.74 Å². The molecule has 0 bridgehead atoms. The monoisotopic (exact) mass is 672 g/mol. The number of benzene rings is 2. The Morgan fingerprint density at radius 2 is 1.27 bits per heavy atom. The van der Waals surface area contributed by atoms with E-state index in [0.29, 0.717) is 0 Å². The topological polar surface area (TPSA) is 25.4 Å². The highest BCUT2D eigenvalue weighted by Gasteiger charge is 2.38. The second-order valence-electron chi connectivity index (χ2n) is 18.6. The first-order valence-corrected chi connectivity index (χ1v) is 19.7. The lowest BCUT2D eigenvalue weighted by Crippen LogP contribution is -2.55. The number of hydrogen-bond acceptors (Lipinski definition) is 6. The van der Waals surface area contributed by atoms with Crippen LogP contribution in [0.15, 0.2) is 48.5 Å². The summed E-state index contributed by atoms with van der Waals surface area (Å²) in [7, 11) is 2.24. The molecule has 0 unspecified atom stereocenters. The highest BCUT2D eigenvalue weighted by Crippen LogP contribution is 2.38. The molecule has 0 radical (unpaired) electrons. The third-order valence-corrected chi connectivity index (χ3v) is 12.8. The summed E-state index contributed by atoms with van der Waals surface area (Å²) in [6.45, 7) is 32.0. The fourth-order valence-corrected chi connectivity index (χ4v) is 8.95. The smallest absolute Gasteiger partial charge is 0.119 e. The number of anilines is 1. The lowest BCUT2D eigenvalue weighted by molar-refractivity contribution is -0.00175. The maximum atomic E-state index is 6.08. The van der Waals surface area contributed by atoms with E-state index in [2.05, 4.69) is 129 Å². The Kier molecular flexibility index (Phi) is 11.4. The molecule has 0 aromatic heterocycles. The van der Waals surface area contributed by atoms with Gasteiger partial charge >= 0.3 is 0 Å². The molecule has 4 heterocycles. The van der Waals surface area contributed by atoms with E-state index in [1.165, 1.54) is 101 Å². The van der Waals surface area contributed by atoms with E-state index in [-0.39, 0.29) is 16.4 Å². The first kappa shape index (κ1) is 36.7. The molecule has 49 heavy (non-hydrogen) atoms. The molecule has 0 aliphatic carbocycles. The van der Waals surface area contributed by atoms with Crippen molar-refractivity contribution in [1.82, 2.24) is 19.6 Å². The largest absolute Gasteiger partial charge is 0.492 e. The van der Waals surface area contributed by atoms with Gasteiger partial charge in [0.25, 0.3) is 0 Å². The van der Waals surface area contributed by atoms with E-state index in [1.807, 2.05) is 0 Å². The van der Waals surface area contributed by atoms with Gasteiger partial charge in [0, 0.05) is 76.7 Å². The zero-order valence-electron chi connectivity index (χ0n) is 32.5. The van der Waals surface area contributed by atoms with Crippen molar-refractivity contribution in [2.45, 2.75) is 90.5 Å². The van der Waals surface area contributed by atoms with Crippen LogP contribution in [0.3, 0.4) is 0 Å². The average Bonchev–Trinajstić information content (AvgIpc) is 3.05. The van der Waals surface area contributed by atoms with Gasteiger partial charge in [-0.15, -0.1) is 0 Å². The number of piperazine rings is 1. The van der Waals surface area contributed by atoms with Gasteiger partial charge in [-0.05, 0) is 124 Å². The Hall–Kier alpha value is -2.12. The lowest BCUT2D eigenvalue weighted by Gasteiger charge is -2.49. The van der Waals surface area contributed by atoms with Gasteiger partial charge in [-0.25, -0.2) is 0 Å². The summed E-state index contributed by atoms with van der Waals surface area (Å²) < 4.78 is 6.08. The van der Waals surface area contributed by atoms with Crippen LogP contribution in [-0.2, 0) is 10.8 Å². The number of likely N-dealkylation sites (tertiary alicyclic amines) is 3.